The third-order valence-electron chi connectivity index (χ3n) is 6.12. The van der Waals surface area contributed by atoms with Crippen molar-refractivity contribution in [2.24, 2.45) is 0 Å². The zero-order valence-corrected chi connectivity index (χ0v) is 17.3. The second-order valence-corrected chi connectivity index (χ2v) is 8.00. The van der Waals surface area contributed by atoms with Gasteiger partial charge < -0.3 is 4.90 Å². The van der Waals surface area contributed by atoms with E-state index in [9.17, 15) is 9.59 Å². The van der Waals surface area contributed by atoms with Gasteiger partial charge >= 0.3 is 0 Å². The summed E-state index contributed by atoms with van der Waals surface area (Å²) in [7, 11) is 0. The van der Waals surface area contributed by atoms with Crippen LogP contribution in [-0.2, 0) is 0 Å². The molecule has 0 bridgehead atoms. The number of carbonyl (C=O) groups is 2. The summed E-state index contributed by atoms with van der Waals surface area (Å²) in [5.41, 5.74) is 4.19. The number of anilines is 1. The van der Waals surface area contributed by atoms with Crippen LogP contribution in [0.15, 0.2) is 78.9 Å². The predicted molar refractivity (Wildman–Crippen MR) is 124 cm³/mol. The number of benzene rings is 3. The monoisotopic (exact) mass is 408 g/mol. The van der Waals surface area contributed by atoms with Crippen LogP contribution in [-0.4, -0.2) is 49.2 Å². The molecule has 3 aromatic rings. The van der Waals surface area contributed by atoms with Gasteiger partial charge in [-0.1, -0.05) is 78.9 Å². The molecule has 0 amide bonds. The van der Waals surface area contributed by atoms with Crippen LogP contribution < -0.4 is 4.90 Å². The average Bonchev–Trinajstić information content (AvgIpc) is 2.83. The fourth-order valence-corrected chi connectivity index (χ4v) is 4.46. The van der Waals surface area contributed by atoms with Crippen LogP contribution in [0.3, 0.4) is 0 Å². The molecule has 1 aliphatic heterocycles. The van der Waals surface area contributed by atoms with E-state index in [1.54, 1.807) is 18.2 Å². The number of carbonyl (C=O) groups excluding carboxylic acids is 2. The maximum Gasteiger partial charge on any atom is 0.196 e. The van der Waals surface area contributed by atoms with Crippen molar-refractivity contribution in [3.05, 3.63) is 107 Å². The first kappa shape index (κ1) is 19.5. The summed E-state index contributed by atoms with van der Waals surface area (Å²) < 4.78 is 0. The molecule has 0 radical (unpaired) electrons. The molecule has 1 saturated heterocycles. The van der Waals surface area contributed by atoms with Crippen molar-refractivity contribution >= 4 is 23.3 Å². The van der Waals surface area contributed by atoms with E-state index < -0.39 is 0 Å². The fourth-order valence-electron chi connectivity index (χ4n) is 4.46. The second-order valence-electron chi connectivity index (χ2n) is 8.00. The van der Waals surface area contributed by atoms with Gasteiger partial charge in [-0.05, 0) is 11.6 Å². The van der Waals surface area contributed by atoms with E-state index >= 15 is 0 Å². The Hall–Kier alpha value is -3.50. The van der Waals surface area contributed by atoms with Crippen LogP contribution in [0.25, 0.3) is 6.08 Å². The van der Waals surface area contributed by atoms with E-state index in [1.807, 2.05) is 42.5 Å². The van der Waals surface area contributed by atoms with E-state index in [1.165, 1.54) is 5.56 Å². The summed E-state index contributed by atoms with van der Waals surface area (Å²) in [5.74, 6) is -0.106. The molecule has 0 saturated carbocycles. The molecule has 0 spiro atoms. The maximum absolute atomic E-state index is 13.3. The van der Waals surface area contributed by atoms with Crippen LogP contribution in [0.1, 0.15) is 37.4 Å². The molecule has 0 N–H and O–H groups in total. The Morgan fingerprint density at radius 1 is 0.677 bits per heavy atom. The van der Waals surface area contributed by atoms with E-state index in [-0.39, 0.29) is 11.6 Å². The Morgan fingerprint density at radius 2 is 1.32 bits per heavy atom. The molecular weight excluding hydrogens is 384 g/mol. The topological polar surface area (TPSA) is 40.6 Å². The van der Waals surface area contributed by atoms with Gasteiger partial charge in [0.25, 0.3) is 0 Å². The van der Waals surface area contributed by atoms with Crippen molar-refractivity contribution in [2.45, 2.75) is 0 Å². The number of hydrogen-bond acceptors (Lipinski definition) is 4. The molecule has 0 aromatic heterocycles. The van der Waals surface area contributed by atoms with Crippen LogP contribution in [0.2, 0.25) is 0 Å². The smallest absolute Gasteiger partial charge is 0.196 e. The number of ketones is 2. The largest absolute Gasteiger partial charge is 0.368 e. The van der Waals surface area contributed by atoms with Crippen molar-refractivity contribution in [3.63, 3.8) is 0 Å². The zero-order chi connectivity index (χ0) is 21.2. The molecule has 1 aliphatic carbocycles. The minimum absolute atomic E-state index is 0.0472. The van der Waals surface area contributed by atoms with Crippen molar-refractivity contribution in [2.75, 3.05) is 37.6 Å². The molecule has 5 rings (SSSR count). The highest BCUT2D eigenvalue weighted by Gasteiger charge is 2.33. The third-order valence-corrected chi connectivity index (χ3v) is 6.12. The molecule has 2 aliphatic rings. The SMILES string of the molecule is O=C1c2ccccc2C(=O)c2c1cccc2N1CCN(CC=Cc2ccccc2)CC1. The first-order valence-electron chi connectivity index (χ1n) is 10.7. The van der Waals surface area contributed by atoms with Crippen molar-refractivity contribution in [1.29, 1.82) is 0 Å². The number of hydrogen-bond donors (Lipinski definition) is 0. The molecule has 1 heterocycles. The quantitative estimate of drug-likeness (QED) is 0.505. The second kappa shape index (κ2) is 8.32. The Labute approximate surface area is 182 Å². The lowest BCUT2D eigenvalue weighted by Gasteiger charge is -2.37. The summed E-state index contributed by atoms with van der Waals surface area (Å²) in [5, 5.41) is 0. The zero-order valence-electron chi connectivity index (χ0n) is 17.3. The first-order valence-corrected chi connectivity index (χ1v) is 10.7. The number of piperazine rings is 1. The normalized spacial score (nSPS) is 16.5. The van der Waals surface area contributed by atoms with Gasteiger partial charge in [0.15, 0.2) is 11.6 Å². The number of rotatable bonds is 4. The molecule has 154 valence electrons. The minimum atomic E-state index is -0.0586. The molecule has 4 heteroatoms. The lowest BCUT2D eigenvalue weighted by Crippen LogP contribution is -2.47. The van der Waals surface area contributed by atoms with Gasteiger partial charge in [-0.3, -0.25) is 14.5 Å². The molecule has 0 atom stereocenters. The molecule has 1 fully saturated rings. The highest BCUT2D eigenvalue weighted by atomic mass is 16.1. The maximum atomic E-state index is 13.3. The van der Waals surface area contributed by atoms with E-state index in [2.05, 4.69) is 34.1 Å². The average molecular weight is 409 g/mol. The van der Waals surface area contributed by atoms with Crippen LogP contribution in [0.4, 0.5) is 5.69 Å². The van der Waals surface area contributed by atoms with E-state index in [0.717, 1.165) is 38.4 Å². The van der Waals surface area contributed by atoms with E-state index in [4.69, 9.17) is 0 Å². The molecular formula is C27H24N2O2. The van der Waals surface area contributed by atoms with Gasteiger partial charge in [-0.25, -0.2) is 0 Å². The lowest BCUT2D eigenvalue weighted by atomic mass is 9.83. The molecule has 3 aromatic carbocycles. The summed E-state index contributed by atoms with van der Waals surface area (Å²) in [4.78, 5) is 30.9. The van der Waals surface area contributed by atoms with Gasteiger partial charge in [0, 0.05) is 55.1 Å². The highest BCUT2D eigenvalue weighted by molar-refractivity contribution is 6.30. The van der Waals surface area contributed by atoms with Gasteiger partial charge in [0.05, 0.1) is 5.56 Å². The van der Waals surface area contributed by atoms with Crippen LogP contribution in [0.5, 0.6) is 0 Å². The Morgan fingerprint density at radius 3 is 2.06 bits per heavy atom. The molecule has 4 nitrogen and oxygen atoms in total. The number of nitrogens with zero attached hydrogens (tertiary/aromatic N) is 2. The van der Waals surface area contributed by atoms with E-state index in [0.29, 0.717) is 22.3 Å². The van der Waals surface area contributed by atoms with Crippen molar-refractivity contribution in [1.82, 2.24) is 4.90 Å². The van der Waals surface area contributed by atoms with Crippen molar-refractivity contribution < 1.29 is 9.59 Å². The van der Waals surface area contributed by atoms with Gasteiger partial charge in [0.1, 0.15) is 0 Å². The first-order chi connectivity index (χ1) is 15.2. The Balaban J connectivity index is 1.31. The lowest BCUT2D eigenvalue weighted by molar-refractivity contribution is 0.0979. The van der Waals surface area contributed by atoms with Gasteiger partial charge in [0.2, 0.25) is 0 Å². The van der Waals surface area contributed by atoms with Gasteiger partial charge in [-0.2, -0.15) is 0 Å². The fraction of sp³-hybridized carbons (Fsp3) is 0.185. The van der Waals surface area contributed by atoms with Crippen LogP contribution in [0, 0.1) is 0 Å². The van der Waals surface area contributed by atoms with Crippen LogP contribution >= 0.6 is 0 Å². The Bertz CT molecular complexity index is 1160. The summed E-state index contributed by atoms with van der Waals surface area (Å²) in [6, 6.07) is 23.1. The summed E-state index contributed by atoms with van der Waals surface area (Å²) in [6.45, 7) is 4.40. The Kier molecular flexibility index (Phi) is 5.23. The highest BCUT2D eigenvalue weighted by Crippen LogP contribution is 2.34. The third kappa shape index (κ3) is 3.71. The summed E-state index contributed by atoms with van der Waals surface area (Å²) >= 11 is 0. The standard InChI is InChI=1S/C27H24N2O2/c30-26-21-11-4-5-12-22(21)27(31)25-23(26)13-6-14-24(25)29-18-16-28(17-19-29)15-7-10-20-8-2-1-3-9-20/h1-14H,15-19H2. The summed E-state index contributed by atoms with van der Waals surface area (Å²) in [6.07, 6.45) is 4.36. The van der Waals surface area contributed by atoms with Gasteiger partial charge in [-0.15, -0.1) is 0 Å². The number of fused-ring (bicyclic) bond motifs is 2. The molecule has 0 unspecified atom stereocenters. The predicted octanol–water partition coefficient (Wildman–Crippen LogP) is 4.30. The van der Waals surface area contributed by atoms with Crippen molar-refractivity contribution in [3.8, 4) is 0 Å². The minimum Gasteiger partial charge on any atom is -0.368 e. The molecule has 31 heavy (non-hydrogen) atoms.